The highest BCUT2D eigenvalue weighted by atomic mass is 16.1. The number of Topliss-reactive ketones (excluding diaryl/α,β-unsaturated/α-hetero) is 1. The summed E-state index contributed by atoms with van der Waals surface area (Å²) in [6, 6.07) is 0. The van der Waals surface area contributed by atoms with Crippen LogP contribution in [0.2, 0.25) is 0 Å². The first kappa shape index (κ1) is 10.4. The molecule has 80 valence electrons. The molecule has 0 aromatic heterocycles. The summed E-state index contributed by atoms with van der Waals surface area (Å²) in [5, 5.41) is 0. The molecule has 1 nitrogen and oxygen atoms in total. The molecular weight excluding hydrogens is 184 g/mol. The van der Waals surface area contributed by atoms with Gasteiger partial charge in [0.15, 0.2) is 5.78 Å². The predicted molar refractivity (Wildman–Crippen MR) is 62.6 cm³/mol. The van der Waals surface area contributed by atoms with Crippen LogP contribution in [0.4, 0.5) is 0 Å². The molecular formula is C14H18O. The van der Waals surface area contributed by atoms with Crippen molar-refractivity contribution in [1.29, 1.82) is 0 Å². The van der Waals surface area contributed by atoms with E-state index in [1.165, 1.54) is 0 Å². The van der Waals surface area contributed by atoms with Gasteiger partial charge in [0.1, 0.15) is 0 Å². The molecule has 2 aliphatic rings. The van der Waals surface area contributed by atoms with Crippen molar-refractivity contribution in [3.63, 3.8) is 0 Å². The number of hydrogen-bond acceptors (Lipinski definition) is 1. The monoisotopic (exact) mass is 202 g/mol. The number of ketones is 1. The Morgan fingerprint density at radius 2 is 2.13 bits per heavy atom. The maximum atomic E-state index is 11.8. The molecule has 0 saturated carbocycles. The van der Waals surface area contributed by atoms with Gasteiger partial charge in [-0.2, -0.15) is 0 Å². The van der Waals surface area contributed by atoms with E-state index >= 15 is 0 Å². The smallest absolute Gasteiger partial charge is 0.184 e. The standard InChI is InChI=1S/C14H18O/c1-3-12-10-14(7-5-4-6-8-14)9-11(2)13(12)15/h4-5,9-10H,3,6-8H2,1-2H3. The Morgan fingerprint density at radius 1 is 1.33 bits per heavy atom. The predicted octanol–water partition coefficient (Wildman–Crippen LogP) is 3.58. The SMILES string of the molecule is CCC1=CC2(C=C(C)C1=O)CC=CCC2. The number of carbonyl (C=O) groups excluding carboxylic acids is 1. The third-order valence-corrected chi connectivity index (χ3v) is 3.44. The summed E-state index contributed by atoms with van der Waals surface area (Å²) in [6.07, 6.45) is 13.1. The minimum Gasteiger partial charge on any atom is -0.289 e. The van der Waals surface area contributed by atoms with Crippen LogP contribution in [0.5, 0.6) is 0 Å². The van der Waals surface area contributed by atoms with Crippen LogP contribution in [0.25, 0.3) is 0 Å². The van der Waals surface area contributed by atoms with E-state index in [2.05, 4.69) is 31.2 Å². The molecule has 2 rings (SSSR count). The summed E-state index contributed by atoms with van der Waals surface area (Å²) in [5.74, 6) is 0.248. The fraction of sp³-hybridized carbons (Fsp3) is 0.500. The number of carbonyl (C=O) groups is 1. The molecule has 2 aliphatic carbocycles. The minimum absolute atomic E-state index is 0.151. The van der Waals surface area contributed by atoms with Gasteiger partial charge < -0.3 is 0 Å². The Bertz CT molecular complexity index is 371. The Morgan fingerprint density at radius 3 is 2.73 bits per heavy atom. The van der Waals surface area contributed by atoms with Crippen LogP contribution in [0, 0.1) is 5.41 Å². The van der Waals surface area contributed by atoms with Gasteiger partial charge in [-0.3, -0.25) is 4.79 Å². The van der Waals surface area contributed by atoms with Crippen molar-refractivity contribution in [3.8, 4) is 0 Å². The molecule has 1 heteroatoms. The highest BCUT2D eigenvalue weighted by Gasteiger charge is 2.31. The number of hydrogen-bond donors (Lipinski definition) is 0. The van der Waals surface area contributed by atoms with E-state index in [1.54, 1.807) is 0 Å². The van der Waals surface area contributed by atoms with E-state index in [4.69, 9.17) is 0 Å². The zero-order valence-electron chi connectivity index (χ0n) is 9.55. The normalized spacial score (nSPS) is 30.4. The topological polar surface area (TPSA) is 17.1 Å². The molecule has 1 atom stereocenters. The molecule has 0 heterocycles. The van der Waals surface area contributed by atoms with Crippen molar-refractivity contribution in [1.82, 2.24) is 0 Å². The van der Waals surface area contributed by atoms with E-state index in [0.29, 0.717) is 0 Å². The molecule has 15 heavy (non-hydrogen) atoms. The fourth-order valence-electron chi connectivity index (χ4n) is 2.60. The molecule has 0 aromatic rings. The van der Waals surface area contributed by atoms with E-state index < -0.39 is 0 Å². The summed E-state index contributed by atoms with van der Waals surface area (Å²) in [7, 11) is 0. The molecule has 0 aliphatic heterocycles. The average molecular weight is 202 g/mol. The molecule has 1 spiro atoms. The van der Waals surface area contributed by atoms with E-state index in [0.717, 1.165) is 36.8 Å². The van der Waals surface area contributed by atoms with Gasteiger partial charge in [-0.25, -0.2) is 0 Å². The largest absolute Gasteiger partial charge is 0.289 e. The van der Waals surface area contributed by atoms with Gasteiger partial charge in [0, 0.05) is 5.41 Å². The van der Waals surface area contributed by atoms with Gasteiger partial charge in [-0.05, 0) is 43.8 Å². The number of rotatable bonds is 1. The van der Waals surface area contributed by atoms with Crippen molar-refractivity contribution < 1.29 is 4.79 Å². The molecule has 0 bridgehead atoms. The van der Waals surface area contributed by atoms with Crippen molar-refractivity contribution >= 4 is 5.78 Å². The highest BCUT2D eigenvalue weighted by molar-refractivity contribution is 6.08. The number of allylic oxidation sites excluding steroid dienone is 6. The van der Waals surface area contributed by atoms with Crippen LogP contribution < -0.4 is 0 Å². The summed E-state index contributed by atoms with van der Waals surface area (Å²) in [4.78, 5) is 11.8. The molecule has 0 saturated heterocycles. The van der Waals surface area contributed by atoms with Crippen LogP contribution in [0.15, 0.2) is 35.5 Å². The highest BCUT2D eigenvalue weighted by Crippen LogP contribution is 2.41. The van der Waals surface area contributed by atoms with E-state index in [1.807, 2.05) is 6.92 Å². The van der Waals surface area contributed by atoms with Crippen LogP contribution in [0.1, 0.15) is 39.5 Å². The summed E-state index contributed by atoms with van der Waals surface area (Å²) < 4.78 is 0. The first-order valence-corrected chi connectivity index (χ1v) is 5.78. The molecule has 0 aromatic carbocycles. The van der Waals surface area contributed by atoms with Crippen molar-refractivity contribution in [2.75, 3.05) is 0 Å². The Labute approximate surface area is 91.6 Å². The molecule has 0 amide bonds. The molecule has 0 fully saturated rings. The van der Waals surface area contributed by atoms with Crippen LogP contribution in [-0.2, 0) is 4.79 Å². The lowest BCUT2D eigenvalue weighted by molar-refractivity contribution is -0.112. The lowest BCUT2D eigenvalue weighted by atomic mass is 9.71. The zero-order valence-corrected chi connectivity index (χ0v) is 9.55. The Hall–Kier alpha value is -1.11. The van der Waals surface area contributed by atoms with Gasteiger partial charge in [0.25, 0.3) is 0 Å². The zero-order chi connectivity index (χ0) is 10.9. The lowest BCUT2D eigenvalue weighted by Gasteiger charge is -2.33. The minimum atomic E-state index is 0.151. The van der Waals surface area contributed by atoms with Crippen molar-refractivity contribution in [2.45, 2.75) is 39.5 Å². The second-order valence-electron chi connectivity index (χ2n) is 4.63. The quantitative estimate of drug-likeness (QED) is 0.594. The fourth-order valence-corrected chi connectivity index (χ4v) is 2.60. The van der Waals surface area contributed by atoms with Gasteiger partial charge in [-0.15, -0.1) is 0 Å². The van der Waals surface area contributed by atoms with Crippen LogP contribution in [-0.4, -0.2) is 5.78 Å². The van der Waals surface area contributed by atoms with E-state index in [9.17, 15) is 4.79 Å². The molecule has 0 N–H and O–H groups in total. The van der Waals surface area contributed by atoms with Gasteiger partial charge in [0.05, 0.1) is 0 Å². The van der Waals surface area contributed by atoms with Crippen molar-refractivity contribution in [3.05, 3.63) is 35.5 Å². The lowest BCUT2D eigenvalue weighted by Crippen LogP contribution is -2.24. The first-order chi connectivity index (χ1) is 7.17. The van der Waals surface area contributed by atoms with Crippen LogP contribution >= 0.6 is 0 Å². The van der Waals surface area contributed by atoms with Gasteiger partial charge >= 0.3 is 0 Å². The van der Waals surface area contributed by atoms with Gasteiger partial charge in [-0.1, -0.05) is 31.2 Å². The second kappa shape index (κ2) is 3.80. The van der Waals surface area contributed by atoms with Crippen molar-refractivity contribution in [2.24, 2.45) is 5.41 Å². The second-order valence-corrected chi connectivity index (χ2v) is 4.63. The Balaban J connectivity index is 2.38. The summed E-state index contributed by atoms with van der Waals surface area (Å²) in [5.41, 5.74) is 2.09. The third kappa shape index (κ3) is 1.83. The Kier molecular flexibility index (Phi) is 2.64. The maximum absolute atomic E-state index is 11.8. The molecule has 0 radical (unpaired) electrons. The third-order valence-electron chi connectivity index (χ3n) is 3.44. The van der Waals surface area contributed by atoms with Crippen LogP contribution in [0.3, 0.4) is 0 Å². The summed E-state index contributed by atoms with van der Waals surface area (Å²) >= 11 is 0. The van der Waals surface area contributed by atoms with E-state index in [-0.39, 0.29) is 11.2 Å². The maximum Gasteiger partial charge on any atom is 0.184 e. The first-order valence-electron chi connectivity index (χ1n) is 5.78. The average Bonchev–Trinajstić information content (AvgIpc) is 2.25. The summed E-state index contributed by atoms with van der Waals surface area (Å²) in [6.45, 7) is 4.01. The molecule has 1 unspecified atom stereocenters. The van der Waals surface area contributed by atoms with Gasteiger partial charge in [0.2, 0.25) is 0 Å².